The van der Waals surface area contributed by atoms with Crippen molar-refractivity contribution in [2.45, 2.75) is 18.2 Å². The number of hydrogen-bond acceptors (Lipinski definition) is 2. The molecule has 0 aliphatic carbocycles. The monoisotopic (exact) mass is 300 g/mol. The molecule has 0 fully saturated rings. The Labute approximate surface area is 108 Å². The summed E-state index contributed by atoms with van der Waals surface area (Å²) in [5.41, 5.74) is 0.472. The van der Waals surface area contributed by atoms with Crippen LogP contribution in [-0.4, -0.2) is 16.8 Å². The number of carbonyl (C=O) groups is 1. The van der Waals surface area contributed by atoms with Crippen molar-refractivity contribution in [2.24, 2.45) is 0 Å². The third-order valence-corrected chi connectivity index (χ3v) is 4.02. The lowest BCUT2D eigenvalue weighted by atomic mass is 10.2. The fourth-order valence-electron chi connectivity index (χ4n) is 1.18. The molecule has 0 unspecified atom stereocenters. The maximum Gasteiger partial charge on any atom is 0.331 e. The predicted molar refractivity (Wildman–Crippen MR) is 70.9 cm³/mol. The maximum atomic E-state index is 10.8. The molecule has 0 saturated carbocycles. The highest BCUT2D eigenvalue weighted by molar-refractivity contribution is 9.10. The van der Waals surface area contributed by atoms with E-state index in [9.17, 15) is 4.79 Å². The second-order valence-corrected chi connectivity index (χ2v) is 5.05. The van der Waals surface area contributed by atoms with E-state index in [-0.39, 0.29) is 0 Å². The molecule has 0 amide bonds. The Morgan fingerprint density at radius 3 is 2.75 bits per heavy atom. The average Bonchev–Trinajstić information content (AvgIpc) is 2.26. The molecule has 0 heterocycles. The van der Waals surface area contributed by atoms with Gasteiger partial charge in [0.2, 0.25) is 0 Å². The van der Waals surface area contributed by atoms with E-state index in [1.807, 2.05) is 31.2 Å². The SMILES string of the molecule is CCC(=CCSc1ccccc1Br)C(=O)O. The number of rotatable bonds is 5. The highest BCUT2D eigenvalue weighted by Gasteiger charge is 2.03. The van der Waals surface area contributed by atoms with Gasteiger partial charge in [-0.05, 0) is 34.5 Å². The molecule has 1 N–H and O–H groups in total. The summed E-state index contributed by atoms with van der Waals surface area (Å²) in [7, 11) is 0. The summed E-state index contributed by atoms with van der Waals surface area (Å²) in [6.45, 7) is 1.85. The summed E-state index contributed by atoms with van der Waals surface area (Å²) in [6, 6.07) is 7.91. The number of aliphatic carboxylic acids is 1. The molecule has 0 radical (unpaired) electrons. The quantitative estimate of drug-likeness (QED) is 0.660. The molecule has 0 saturated heterocycles. The van der Waals surface area contributed by atoms with Crippen LogP contribution < -0.4 is 0 Å². The van der Waals surface area contributed by atoms with Crippen molar-refractivity contribution < 1.29 is 9.90 Å². The Kier molecular flexibility index (Phi) is 5.63. The lowest BCUT2D eigenvalue weighted by molar-refractivity contribution is -0.132. The van der Waals surface area contributed by atoms with Crippen LogP contribution in [0.4, 0.5) is 0 Å². The Balaban J connectivity index is 2.59. The summed E-state index contributed by atoms with van der Waals surface area (Å²) in [4.78, 5) is 11.9. The van der Waals surface area contributed by atoms with E-state index in [4.69, 9.17) is 5.11 Å². The lowest BCUT2D eigenvalue weighted by Crippen LogP contribution is -1.99. The largest absolute Gasteiger partial charge is 0.478 e. The van der Waals surface area contributed by atoms with E-state index >= 15 is 0 Å². The highest BCUT2D eigenvalue weighted by Crippen LogP contribution is 2.27. The number of halogens is 1. The van der Waals surface area contributed by atoms with Gasteiger partial charge in [-0.3, -0.25) is 0 Å². The second kappa shape index (κ2) is 6.76. The van der Waals surface area contributed by atoms with Crippen molar-refractivity contribution in [1.29, 1.82) is 0 Å². The Morgan fingerprint density at radius 1 is 1.50 bits per heavy atom. The van der Waals surface area contributed by atoms with Gasteiger partial charge in [0.1, 0.15) is 0 Å². The van der Waals surface area contributed by atoms with Gasteiger partial charge in [0.05, 0.1) is 0 Å². The molecule has 1 aromatic rings. The first-order valence-electron chi connectivity index (χ1n) is 4.94. The van der Waals surface area contributed by atoms with Gasteiger partial charge in [-0.25, -0.2) is 4.79 Å². The number of hydrogen-bond donors (Lipinski definition) is 1. The van der Waals surface area contributed by atoms with Crippen LogP contribution in [0.5, 0.6) is 0 Å². The first-order chi connectivity index (χ1) is 7.65. The van der Waals surface area contributed by atoms with E-state index in [1.165, 1.54) is 0 Å². The van der Waals surface area contributed by atoms with Crippen molar-refractivity contribution in [1.82, 2.24) is 0 Å². The number of benzene rings is 1. The normalized spacial score (nSPS) is 11.5. The third kappa shape index (κ3) is 4.02. The zero-order valence-corrected chi connectivity index (χ0v) is 11.3. The smallest absolute Gasteiger partial charge is 0.331 e. The molecule has 2 nitrogen and oxygen atoms in total. The molecule has 16 heavy (non-hydrogen) atoms. The van der Waals surface area contributed by atoms with E-state index in [0.29, 0.717) is 17.7 Å². The van der Waals surface area contributed by atoms with Gasteiger partial charge in [0.15, 0.2) is 0 Å². The van der Waals surface area contributed by atoms with Gasteiger partial charge in [0, 0.05) is 20.7 Å². The Morgan fingerprint density at radius 2 is 2.19 bits per heavy atom. The topological polar surface area (TPSA) is 37.3 Å². The summed E-state index contributed by atoms with van der Waals surface area (Å²) in [6.07, 6.45) is 2.33. The van der Waals surface area contributed by atoms with Crippen LogP contribution in [-0.2, 0) is 4.79 Å². The molecule has 86 valence electrons. The van der Waals surface area contributed by atoms with Crippen molar-refractivity contribution >= 4 is 33.7 Å². The summed E-state index contributed by atoms with van der Waals surface area (Å²) in [5.74, 6) is -0.145. The summed E-state index contributed by atoms with van der Waals surface area (Å²) in [5, 5.41) is 8.84. The van der Waals surface area contributed by atoms with Gasteiger partial charge >= 0.3 is 5.97 Å². The predicted octanol–water partition coefficient (Wildman–Crippen LogP) is 3.96. The molecule has 0 atom stereocenters. The van der Waals surface area contributed by atoms with E-state index in [1.54, 1.807) is 17.8 Å². The van der Waals surface area contributed by atoms with Crippen LogP contribution in [0.1, 0.15) is 13.3 Å². The van der Waals surface area contributed by atoms with Crippen LogP contribution in [0.25, 0.3) is 0 Å². The van der Waals surface area contributed by atoms with Gasteiger partial charge in [-0.2, -0.15) is 0 Å². The first-order valence-corrected chi connectivity index (χ1v) is 6.72. The van der Waals surface area contributed by atoms with Crippen molar-refractivity contribution in [3.8, 4) is 0 Å². The van der Waals surface area contributed by atoms with Crippen LogP contribution in [0, 0.1) is 0 Å². The fourth-order valence-corrected chi connectivity index (χ4v) is 2.65. The third-order valence-electron chi connectivity index (χ3n) is 2.06. The van der Waals surface area contributed by atoms with Crippen LogP contribution in [0.3, 0.4) is 0 Å². The minimum absolute atomic E-state index is 0.472. The molecule has 1 aromatic carbocycles. The average molecular weight is 301 g/mol. The molecule has 0 aliphatic rings. The molecule has 1 rings (SSSR count). The lowest BCUT2D eigenvalue weighted by Gasteiger charge is -2.02. The minimum Gasteiger partial charge on any atom is -0.478 e. The zero-order valence-electron chi connectivity index (χ0n) is 8.94. The molecule has 0 aliphatic heterocycles. The maximum absolute atomic E-state index is 10.8. The molecular weight excluding hydrogens is 288 g/mol. The van der Waals surface area contributed by atoms with Crippen LogP contribution in [0.2, 0.25) is 0 Å². The Hall–Kier alpha value is -0.740. The highest BCUT2D eigenvalue weighted by atomic mass is 79.9. The fraction of sp³-hybridized carbons (Fsp3) is 0.250. The van der Waals surface area contributed by atoms with E-state index < -0.39 is 5.97 Å². The second-order valence-electron chi connectivity index (χ2n) is 3.13. The minimum atomic E-state index is -0.824. The van der Waals surface area contributed by atoms with Crippen molar-refractivity contribution in [3.05, 3.63) is 40.4 Å². The molecule has 4 heteroatoms. The molecule has 0 bridgehead atoms. The number of carboxylic acid groups (broad SMARTS) is 1. The van der Waals surface area contributed by atoms with Crippen molar-refractivity contribution in [2.75, 3.05) is 5.75 Å². The first kappa shape index (κ1) is 13.3. The molecular formula is C12H13BrO2S. The van der Waals surface area contributed by atoms with Crippen LogP contribution in [0.15, 0.2) is 45.3 Å². The summed E-state index contributed by atoms with van der Waals surface area (Å²) < 4.78 is 1.04. The van der Waals surface area contributed by atoms with E-state index in [2.05, 4.69) is 15.9 Å². The van der Waals surface area contributed by atoms with Gasteiger partial charge < -0.3 is 5.11 Å². The Bertz CT molecular complexity index is 402. The van der Waals surface area contributed by atoms with Crippen LogP contribution >= 0.6 is 27.7 Å². The molecule has 0 aromatic heterocycles. The number of carboxylic acids is 1. The number of thioether (sulfide) groups is 1. The molecule has 0 spiro atoms. The summed E-state index contributed by atoms with van der Waals surface area (Å²) >= 11 is 5.07. The van der Waals surface area contributed by atoms with Gasteiger partial charge in [-0.1, -0.05) is 25.1 Å². The van der Waals surface area contributed by atoms with E-state index in [0.717, 1.165) is 9.37 Å². The van der Waals surface area contributed by atoms with Gasteiger partial charge in [0.25, 0.3) is 0 Å². The zero-order chi connectivity index (χ0) is 12.0. The standard InChI is InChI=1S/C12H13BrO2S/c1-2-9(12(14)15)7-8-16-11-6-4-3-5-10(11)13/h3-7H,2,8H2,1H3,(H,14,15). The van der Waals surface area contributed by atoms with Crippen molar-refractivity contribution in [3.63, 3.8) is 0 Å². The van der Waals surface area contributed by atoms with Gasteiger partial charge in [-0.15, -0.1) is 11.8 Å².